The molecule has 3 rings (SSSR count). The maximum Gasteiger partial charge on any atom is 0.328 e. The van der Waals surface area contributed by atoms with Gasteiger partial charge in [0, 0.05) is 33.0 Å². The minimum absolute atomic E-state index is 0.305. The normalized spacial score (nSPS) is 13.7. The zero-order chi connectivity index (χ0) is 20.6. The fraction of sp³-hybridized carbons (Fsp3) is 0.368. The maximum absolute atomic E-state index is 12.6. The van der Waals surface area contributed by atoms with Gasteiger partial charge in [-0.15, -0.1) is 0 Å². The van der Waals surface area contributed by atoms with E-state index in [9.17, 15) is 10.1 Å². The summed E-state index contributed by atoms with van der Waals surface area (Å²) < 4.78 is 15.9. The summed E-state index contributed by atoms with van der Waals surface area (Å²) in [5.74, 6) is 0.741. The predicted octanol–water partition coefficient (Wildman–Crippen LogP) is 2.12. The van der Waals surface area contributed by atoms with Crippen LogP contribution in [0.15, 0.2) is 30.5 Å². The number of carbonyl (C=O) groups is 1. The number of ether oxygens (including phenoxy) is 3. The van der Waals surface area contributed by atoms with Crippen molar-refractivity contribution in [1.29, 1.82) is 5.26 Å². The first-order chi connectivity index (χ1) is 14.1. The van der Waals surface area contributed by atoms with Crippen LogP contribution >= 0.6 is 0 Å². The number of rotatable bonds is 7. The molecule has 0 aliphatic carbocycles. The molecule has 2 amide bonds. The Morgan fingerprint density at radius 3 is 2.93 bits per heavy atom. The smallest absolute Gasteiger partial charge is 0.328 e. The number of hydrogen-bond acceptors (Lipinski definition) is 8. The van der Waals surface area contributed by atoms with Crippen LogP contribution in [0.1, 0.15) is 17.5 Å². The van der Waals surface area contributed by atoms with E-state index in [0.29, 0.717) is 54.9 Å². The Hall–Kier alpha value is -3.26. The van der Waals surface area contributed by atoms with Crippen LogP contribution < -0.4 is 15.5 Å². The zero-order valence-electron chi connectivity index (χ0n) is 16.2. The van der Waals surface area contributed by atoms with Crippen molar-refractivity contribution in [1.82, 2.24) is 9.97 Å². The van der Waals surface area contributed by atoms with Gasteiger partial charge in [0.2, 0.25) is 6.29 Å². The van der Waals surface area contributed by atoms with Crippen LogP contribution in [-0.2, 0) is 14.2 Å². The van der Waals surface area contributed by atoms with Gasteiger partial charge in [-0.25, -0.2) is 14.8 Å². The highest BCUT2D eigenvalue weighted by atomic mass is 16.7. The van der Waals surface area contributed by atoms with Crippen LogP contribution in [0.4, 0.5) is 22.1 Å². The first-order valence-corrected chi connectivity index (χ1v) is 9.00. The minimum Gasteiger partial charge on any atom is -0.383 e. The lowest BCUT2D eigenvalue weighted by molar-refractivity contribution is -0.0472. The SMILES string of the molecule is COCCNc1cc(NC(=O)N(C)c2cccc(C3OCCO3)n2)ncc1C#N. The number of methoxy groups -OCH3 is 1. The molecule has 1 aliphatic heterocycles. The molecule has 0 radical (unpaired) electrons. The van der Waals surface area contributed by atoms with Crippen molar-refractivity contribution in [3.8, 4) is 6.07 Å². The van der Waals surface area contributed by atoms with Crippen LogP contribution in [0, 0.1) is 11.3 Å². The van der Waals surface area contributed by atoms with Crippen molar-refractivity contribution in [3.05, 3.63) is 41.7 Å². The third-order valence-corrected chi connectivity index (χ3v) is 4.15. The Kier molecular flexibility index (Phi) is 6.91. The lowest BCUT2D eigenvalue weighted by Gasteiger charge is -2.19. The number of anilines is 3. The van der Waals surface area contributed by atoms with Gasteiger partial charge in [0.15, 0.2) is 0 Å². The molecular formula is C19H22N6O4. The van der Waals surface area contributed by atoms with Crippen molar-refractivity contribution < 1.29 is 19.0 Å². The molecule has 1 fully saturated rings. The van der Waals surface area contributed by atoms with Crippen molar-refractivity contribution in [2.24, 2.45) is 0 Å². The van der Waals surface area contributed by atoms with Crippen LogP contribution in [0.2, 0.25) is 0 Å². The molecule has 1 saturated heterocycles. The van der Waals surface area contributed by atoms with Crippen molar-refractivity contribution in [3.63, 3.8) is 0 Å². The number of nitriles is 1. The highest BCUT2D eigenvalue weighted by Gasteiger charge is 2.21. The molecule has 0 atom stereocenters. The standard InChI is InChI=1S/C19H22N6O4/c1-25(17-5-3-4-14(23-17)18-28-8-9-29-18)19(26)24-16-10-15(21-6-7-27-2)13(11-20)12-22-16/h3-5,10,12,18H,6-9H2,1-2H3,(H2,21,22,24,26). The van der Waals surface area contributed by atoms with Crippen LogP contribution in [0.25, 0.3) is 0 Å². The third kappa shape index (κ3) is 5.17. The van der Waals surface area contributed by atoms with Gasteiger partial charge >= 0.3 is 6.03 Å². The molecule has 2 aromatic heterocycles. The summed E-state index contributed by atoms with van der Waals surface area (Å²) in [6, 6.07) is 8.51. The molecule has 0 unspecified atom stereocenters. The first-order valence-electron chi connectivity index (χ1n) is 9.00. The molecule has 29 heavy (non-hydrogen) atoms. The average molecular weight is 398 g/mol. The molecule has 2 aromatic rings. The Morgan fingerprint density at radius 2 is 2.21 bits per heavy atom. The highest BCUT2D eigenvalue weighted by molar-refractivity contribution is 6.00. The number of amides is 2. The molecule has 0 spiro atoms. The topological polar surface area (TPSA) is 122 Å². The summed E-state index contributed by atoms with van der Waals surface area (Å²) in [5.41, 5.74) is 1.53. The molecule has 152 valence electrons. The average Bonchev–Trinajstić information content (AvgIpc) is 3.29. The zero-order valence-corrected chi connectivity index (χ0v) is 16.2. The fourth-order valence-electron chi connectivity index (χ4n) is 2.63. The van der Waals surface area contributed by atoms with Gasteiger partial charge in [0.25, 0.3) is 0 Å². The van der Waals surface area contributed by atoms with Gasteiger partial charge in [0.1, 0.15) is 17.7 Å². The molecule has 0 bridgehead atoms. The molecule has 0 saturated carbocycles. The van der Waals surface area contributed by atoms with E-state index < -0.39 is 12.3 Å². The fourth-order valence-corrected chi connectivity index (χ4v) is 2.63. The summed E-state index contributed by atoms with van der Waals surface area (Å²) in [5, 5.41) is 15.0. The number of nitrogens with zero attached hydrogens (tertiary/aromatic N) is 4. The van der Waals surface area contributed by atoms with Crippen molar-refractivity contribution in [2.75, 3.05) is 56.1 Å². The number of carbonyl (C=O) groups excluding carboxylic acids is 1. The van der Waals surface area contributed by atoms with E-state index in [1.54, 1.807) is 38.4 Å². The predicted molar refractivity (Wildman–Crippen MR) is 106 cm³/mol. The Balaban J connectivity index is 1.70. The molecule has 3 heterocycles. The van der Waals surface area contributed by atoms with E-state index >= 15 is 0 Å². The lowest BCUT2D eigenvalue weighted by atomic mass is 10.2. The van der Waals surface area contributed by atoms with E-state index in [2.05, 4.69) is 26.7 Å². The lowest BCUT2D eigenvalue weighted by Crippen LogP contribution is -2.32. The molecule has 1 aliphatic rings. The molecule has 10 nitrogen and oxygen atoms in total. The van der Waals surface area contributed by atoms with E-state index in [0.717, 1.165) is 0 Å². The van der Waals surface area contributed by atoms with Crippen LogP contribution in [0.5, 0.6) is 0 Å². The van der Waals surface area contributed by atoms with E-state index in [1.165, 1.54) is 11.1 Å². The highest BCUT2D eigenvalue weighted by Crippen LogP contribution is 2.24. The molecule has 10 heteroatoms. The molecular weight excluding hydrogens is 376 g/mol. The van der Waals surface area contributed by atoms with Crippen LogP contribution in [-0.4, -0.2) is 56.5 Å². The van der Waals surface area contributed by atoms with Gasteiger partial charge in [-0.3, -0.25) is 10.2 Å². The number of urea groups is 1. The summed E-state index contributed by atoms with van der Waals surface area (Å²) in [7, 11) is 3.19. The van der Waals surface area contributed by atoms with E-state index in [4.69, 9.17) is 14.2 Å². The second-order valence-electron chi connectivity index (χ2n) is 6.13. The van der Waals surface area contributed by atoms with Gasteiger partial charge < -0.3 is 19.5 Å². The molecule has 2 N–H and O–H groups in total. The summed E-state index contributed by atoms with van der Waals surface area (Å²) in [6.07, 6.45) is 0.880. The number of hydrogen-bond donors (Lipinski definition) is 2. The summed E-state index contributed by atoms with van der Waals surface area (Å²) in [4.78, 5) is 22.6. The monoisotopic (exact) mass is 398 g/mol. The quantitative estimate of drug-likeness (QED) is 0.680. The van der Waals surface area contributed by atoms with E-state index in [1.807, 2.05) is 0 Å². The molecule has 0 aromatic carbocycles. The Bertz CT molecular complexity index is 895. The summed E-state index contributed by atoms with van der Waals surface area (Å²) >= 11 is 0. The second-order valence-corrected chi connectivity index (χ2v) is 6.13. The first kappa shape index (κ1) is 20.5. The number of pyridine rings is 2. The third-order valence-electron chi connectivity index (χ3n) is 4.15. The van der Waals surface area contributed by atoms with Gasteiger partial charge in [-0.2, -0.15) is 5.26 Å². The summed E-state index contributed by atoms with van der Waals surface area (Å²) in [6.45, 7) is 2.02. The Morgan fingerprint density at radius 1 is 1.41 bits per heavy atom. The number of nitrogens with one attached hydrogen (secondary N) is 2. The van der Waals surface area contributed by atoms with Crippen molar-refractivity contribution >= 4 is 23.4 Å². The van der Waals surface area contributed by atoms with Crippen molar-refractivity contribution in [2.45, 2.75) is 6.29 Å². The van der Waals surface area contributed by atoms with Crippen LogP contribution in [0.3, 0.4) is 0 Å². The second kappa shape index (κ2) is 9.79. The largest absolute Gasteiger partial charge is 0.383 e. The maximum atomic E-state index is 12.6. The minimum atomic E-state index is -0.521. The van der Waals surface area contributed by atoms with Gasteiger partial charge in [-0.1, -0.05) is 6.07 Å². The van der Waals surface area contributed by atoms with Gasteiger partial charge in [0.05, 0.1) is 36.8 Å². The van der Waals surface area contributed by atoms with Gasteiger partial charge in [-0.05, 0) is 12.1 Å². The Labute approximate surface area is 168 Å². The number of aromatic nitrogens is 2. The van der Waals surface area contributed by atoms with E-state index in [-0.39, 0.29) is 0 Å².